The number of carbonyl (C=O) groups excluding carboxylic acids is 1. The second-order valence-electron chi connectivity index (χ2n) is 6.25. The van der Waals surface area contributed by atoms with Crippen LogP contribution in [0.15, 0.2) is 0 Å². The summed E-state index contributed by atoms with van der Waals surface area (Å²) < 4.78 is 12.4. The van der Waals surface area contributed by atoms with E-state index in [0.717, 1.165) is 36.8 Å². The van der Waals surface area contributed by atoms with Crippen LogP contribution >= 0.6 is 22.6 Å². The number of rotatable bonds is 1. The van der Waals surface area contributed by atoms with Gasteiger partial charge < -0.3 is 14.4 Å². The lowest BCUT2D eigenvalue weighted by Crippen LogP contribution is -2.58. The predicted octanol–water partition coefficient (Wildman–Crippen LogP) is 2.98. The second-order valence-corrected chi connectivity index (χ2v) is 7.13. The Bertz CT molecular complexity index is 311. The fraction of sp³-hybridized carbons (Fsp3) is 0.923. The van der Waals surface area contributed by atoms with Crippen LogP contribution in [-0.2, 0) is 9.47 Å². The number of likely N-dealkylation sites (tertiary alicyclic amines) is 1. The van der Waals surface area contributed by atoms with Gasteiger partial charge in [0, 0.05) is 23.9 Å². The minimum Gasteiger partial charge on any atom is -0.444 e. The molecule has 2 fully saturated rings. The molecule has 0 unspecified atom stereocenters. The number of alkyl halides is 1. The molecule has 0 bridgehead atoms. The van der Waals surface area contributed by atoms with Crippen LogP contribution in [0.25, 0.3) is 0 Å². The fourth-order valence-corrected chi connectivity index (χ4v) is 3.08. The van der Waals surface area contributed by atoms with E-state index < -0.39 is 5.60 Å². The van der Waals surface area contributed by atoms with E-state index in [9.17, 15) is 4.79 Å². The van der Waals surface area contributed by atoms with Crippen LogP contribution in [0.2, 0.25) is 0 Å². The van der Waals surface area contributed by atoms with Crippen LogP contribution in [0.3, 0.4) is 0 Å². The van der Waals surface area contributed by atoms with E-state index in [2.05, 4.69) is 22.6 Å². The van der Waals surface area contributed by atoms with Gasteiger partial charge >= 0.3 is 6.09 Å². The van der Waals surface area contributed by atoms with Crippen molar-refractivity contribution in [1.29, 1.82) is 0 Å². The maximum atomic E-state index is 11.9. The third kappa shape index (κ3) is 3.29. The number of piperidine rings is 1. The van der Waals surface area contributed by atoms with E-state index >= 15 is 0 Å². The van der Waals surface area contributed by atoms with Gasteiger partial charge in [0.15, 0.2) is 0 Å². The zero-order chi connectivity index (χ0) is 13.4. The van der Waals surface area contributed by atoms with E-state index in [1.54, 1.807) is 4.90 Å². The molecule has 2 aliphatic rings. The van der Waals surface area contributed by atoms with Crippen molar-refractivity contribution in [2.24, 2.45) is 0 Å². The first-order chi connectivity index (χ1) is 8.34. The maximum Gasteiger partial charge on any atom is 0.410 e. The lowest BCUT2D eigenvalue weighted by molar-refractivity contribution is -0.213. The van der Waals surface area contributed by atoms with Crippen LogP contribution in [-0.4, -0.2) is 45.8 Å². The highest BCUT2D eigenvalue weighted by Gasteiger charge is 2.47. The molecule has 2 heterocycles. The summed E-state index contributed by atoms with van der Waals surface area (Å²) in [6.07, 6.45) is 3.28. The van der Waals surface area contributed by atoms with Gasteiger partial charge in [-0.25, -0.2) is 4.79 Å². The maximum absolute atomic E-state index is 11.9. The largest absolute Gasteiger partial charge is 0.444 e. The molecule has 4 nitrogen and oxygen atoms in total. The summed E-state index contributed by atoms with van der Waals surface area (Å²) in [5.41, 5.74) is -0.347. The third-order valence-corrected chi connectivity index (χ3v) is 4.50. The number of hydrogen-bond acceptors (Lipinski definition) is 3. The lowest BCUT2D eigenvalue weighted by atomic mass is 9.81. The van der Waals surface area contributed by atoms with E-state index in [1.807, 2.05) is 20.8 Å². The predicted molar refractivity (Wildman–Crippen MR) is 78.1 cm³/mol. The molecule has 0 aromatic rings. The van der Waals surface area contributed by atoms with Crippen molar-refractivity contribution in [3.63, 3.8) is 0 Å². The molecule has 1 atom stereocenters. The molecule has 1 spiro atoms. The Hall–Kier alpha value is -0.0400. The molecule has 18 heavy (non-hydrogen) atoms. The average Bonchev–Trinajstić information content (AvgIpc) is 2.23. The molecular weight excluding hydrogens is 345 g/mol. The van der Waals surface area contributed by atoms with Gasteiger partial charge in [-0.05, 0) is 33.6 Å². The summed E-state index contributed by atoms with van der Waals surface area (Å²) in [5, 5.41) is 0. The summed E-state index contributed by atoms with van der Waals surface area (Å²) in [7, 11) is 0. The monoisotopic (exact) mass is 367 g/mol. The normalized spacial score (nSPS) is 26.9. The van der Waals surface area contributed by atoms with Gasteiger partial charge in [0.1, 0.15) is 5.60 Å². The van der Waals surface area contributed by atoms with E-state index in [4.69, 9.17) is 9.47 Å². The Kier molecular flexibility index (Phi) is 4.11. The van der Waals surface area contributed by atoms with Crippen LogP contribution in [0, 0.1) is 0 Å². The van der Waals surface area contributed by atoms with Crippen LogP contribution in [0.5, 0.6) is 0 Å². The number of amides is 1. The summed E-state index contributed by atoms with van der Waals surface area (Å²) >= 11 is 2.36. The minimum atomic E-state index is -0.411. The number of hydrogen-bond donors (Lipinski definition) is 0. The zero-order valence-corrected chi connectivity index (χ0v) is 13.5. The van der Waals surface area contributed by atoms with Gasteiger partial charge in [-0.15, -0.1) is 0 Å². The summed E-state index contributed by atoms with van der Waals surface area (Å²) in [4.78, 5) is 13.7. The minimum absolute atomic E-state index is 0.0638. The van der Waals surface area contributed by atoms with Crippen molar-refractivity contribution >= 4 is 28.7 Å². The van der Waals surface area contributed by atoms with E-state index in [0.29, 0.717) is 6.10 Å². The van der Waals surface area contributed by atoms with Gasteiger partial charge in [-0.2, -0.15) is 0 Å². The van der Waals surface area contributed by atoms with Crippen molar-refractivity contribution in [3.05, 3.63) is 0 Å². The van der Waals surface area contributed by atoms with Gasteiger partial charge in [0.2, 0.25) is 0 Å². The number of ether oxygens (including phenoxy) is 2. The van der Waals surface area contributed by atoms with Crippen molar-refractivity contribution in [3.8, 4) is 0 Å². The molecule has 0 N–H and O–H groups in total. The van der Waals surface area contributed by atoms with Crippen LogP contribution < -0.4 is 0 Å². The quantitative estimate of drug-likeness (QED) is 0.528. The van der Waals surface area contributed by atoms with Crippen molar-refractivity contribution < 1.29 is 14.3 Å². The van der Waals surface area contributed by atoms with Gasteiger partial charge in [-0.3, -0.25) is 0 Å². The standard InChI is InChI=1S/C13H22INO3/c1-12(2,3)18-11(16)15-6-4-13(5-7-15)8-10(9-14)17-13/h10H,4-9H2,1-3H3/t10-/m1/s1. The summed E-state index contributed by atoms with van der Waals surface area (Å²) in [6.45, 7) is 7.20. The van der Waals surface area contributed by atoms with Gasteiger partial charge in [-0.1, -0.05) is 22.6 Å². The molecule has 0 aliphatic carbocycles. The highest BCUT2D eigenvalue weighted by molar-refractivity contribution is 14.1. The molecule has 104 valence electrons. The Morgan fingerprint density at radius 2 is 2.00 bits per heavy atom. The molecule has 2 aliphatic heterocycles. The molecule has 0 aromatic carbocycles. The van der Waals surface area contributed by atoms with E-state index in [1.165, 1.54) is 0 Å². The number of carbonyl (C=O) groups is 1. The molecule has 1 amide bonds. The van der Waals surface area contributed by atoms with Gasteiger partial charge in [0.25, 0.3) is 0 Å². The second kappa shape index (κ2) is 5.15. The molecule has 5 heteroatoms. The van der Waals surface area contributed by atoms with Crippen molar-refractivity contribution in [2.75, 3.05) is 17.5 Å². The molecule has 2 rings (SSSR count). The third-order valence-electron chi connectivity index (χ3n) is 3.51. The first-order valence-corrected chi connectivity index (χ1v) is 8.08. The Morgan fingerprint density at radius 3 is 2.44 bits per heavy atom. The first kappa shape index (κ1) is 14.4. The average molecular weight is 367 g/mol. The zero-order valence-electron chi connectivity index (χ0n) is 11.4. The number of nitrogens with zero attached hydrogens (tertiary/aromatic N) is 1. The topological polar surface area (TPSA) is 38.8 Å². The fourth-order valence-electron chi connectivity index (χ4n) is 2.59. The van der Waals surface area contributed by atoms with Crippen molar-refractivity contribution in [2.45, 2.75) is 57.3 Å². The number of halogens is 1. The highest BCUT2D eigenvalue weighted by atomic mass is 127. The van der Waals surface area contributed by atoms with E-state index in [-0.39, 0.29) is 11.7 Å². The molecule has 0 aromatic heterocycles. The Labute approximate surface area is 123 Å². The SMILES string of the molecule is CC(C)(C)OC(=O)N1CCC2(CC1)C[C@H](CI)O2. The molecule has 2 saturated heterocycles. The molecule has 0 radical (unpaired) electrons. The van der Waals surface area contributed by atoms with Crippen LogP contribution in [0.4, 0.5) is 4.79 Å². The smallest absolute Gasteiger partial charge is 0.410 e. The van der Waals surface area contributed by atoms with Crippen LogP contribution in [0.1, 0.15) is 40.0 Å². The lowest BCUT2D eigenvalue weighted by Gasteiger charge is -2.51. The Balaban J connectivity index is 1.79. The van der Waals surface area contributed by atoms with Gasteiger partial charge in [0.05, 0.1) is 11.7 Å². The van der Waals surface area contributed by atoms with Crippen molar-refractivity contribution in [1.82, 2.24) is 4.90 Å². The highest BCUT2D eigenvalue weighted by Crippen LogP contribution is 2.41. The molecule has 0 saturated carbocycles. The first-order valence-electron chi connectivity index (χ1n) is 6.55. The Morgan fingerprint density at radius 1 is 1.44 bits per heavy atom. The molecular formula is C13H22INO3. The summed E-state index contributed by atoms with van der Waals surface area (Å²) in [6, 6.07) is 0. The summed E-state index contributed by atoms with van der Waals surface area (Å²) in [5.74, 6) is 0.